The molecule has 1 aliphatic heterocycles. The summed E-state index contributed by atoms with van der Waals surface area (Å²) in [6.07, 6.45) is 1.09. The average molecular weight is 226 g/mol. The highest BCUT2D eigenvalue weighted by Gasteiger charge is 2.30. The minimum Gasteiger partial charge on any atom is -0.326 e. The van der Waals surface area contributed by atoms with Gasteiger partial charge in [0.1, 0.15) is 0 Å². The smallest absolute Gasteiger partial charge is 0.0497 e. The van der Waals surface area contributed by atoms with Crippen molar-refractivity contribution in [2.75, 3.05) is 13.6 Å². The van der Waals surface area contributed by atoms with E-state index >= 15 is 0 Å². The molecule has 88 valence electrons. The van der Waals surface area contributed by atoms with E-state index in [9.17, 15) is 0 Å². The molecule has 0 saturated carbocycles. The van der Waals surface area contributed by atoms with E-state index in [1.54, 1.807) is 0 Å². The highest BCUT2D eigenvalue weighted by Crippen LogP contribution is 2.31. The van der Waals surface area contributed by atoms with Gasteiger partial charge in [0.05, 0.1) is 0 Å². The zero-order valence-electron chi connectivity index (χ0n) is 10.1. The molecule has 3 rings (SSSR count). The van der Waals surface area contributed by atoms with Gasteiger partial charge in [-0.25, -0.2) is 0 Å². The molecule has 2 heteroatoms. The fourth-order valence-corrected chi connectivity index (χ4v) is 2.87. The molecule has 1 heterocycles. The van der Waals surface area contributed by atoms with Crippen LogP contribution in [-0.4, -0.2) is 24.5 Å². The maximum Gasteiger partial charge on any atom is 0.0497 e. The molecular weight excluding hydrogens is 208 g/mol. The average Bonchev–Trinajstić information content (AvgIpc) is 2.68. The Morgan fingerprint density at radius 3 is 2.59 bits per heavy atom. The van der Waals surface area contributed by atoms with Gasteiger partial charge in [-0.05, 0) is 35.9 Å². The lowest BCUT2D eigenvalue weighted by Crippen LogP contribution is -2.29. The predicted octanol–water partition coefficient (Wildman–Crippen LogP) is 2.54. The molecule has 2 aromatic carbocycles. The number of likely N-dealkylation sites (N-methyl/N-ethyl adjacent to an activating group) is 1. The minimum atomic E-state index is 0.265. The summed E-state index contributed by atoms with van der Waals surface area (Å²) in [5.41, 5.74) is 7.55. The van der Waals surface area contributed by atoms with Gasteiger partial charge in [0.25, 0.3) is 0 Å². The second-order valence-corrected chi connectivity index (χ2v) is 4.98. The largest absolute Gasteiger partial charge is 0.326 e. The number of benzene rings is 2. The standard InChI is InChI=1S/C15H18N2/c1-17-9-8-14(16)15(17)13-7-6-11-4-2-3-5-12(11)10-13/h2-7,10,14-15H,8-9,16H2,1H3. The molecule has 1 saturated heterocycles. The van der Waals surface area contributed by atoms with Gasteiger partial charge < -0.3 is 5.73 Å². The van der Waals surface area contributed by atoms with Gasteiger partial charge in [0.15, 0.2) is 0 Å². The lowest BCUT2D eigenvalue weighted by molar-refractivity contribution is 0.304. The molecule has 2 unspecified atom stereocenters. The van der Waals surface area contributed by atoms with Crippen molar-refractivity contribution in [2.24, 2.45) is 5.73 Å². The van der Waals surface area contributed by atoms with Gasteiger partial charge in [-0.1, -0.05) is 36.4 Å². The van der Waals surface area contributed by atoms with Gasteiger partial charge in [-0.15, -0.1) is 0 Å². The predicted molar refractivity (Wildman–Crippen MR) is 71.9 cm³/mol. The quantitative estimate of drug-likeness (QED) is 0.809. The Balaban J connectivity index is 2.05. The first-order chi connectivity index (χ1) is 8.25. The first-order valence-corrected chi connectivity index (χ1v) is 6.20. The van der Waals surface area contributed by atoms with E-state index in [0.29, 0.717) is 6.04 Å². The van der Waals surface area contributed by atoms with Crippen LogP contribution in [-0.2, 0) is 0 Å². The molecule has 0 radical (unpaired) electrons. The molecule has 0 aromatic heterocycles. The van der Waals surface area contributed by atoms with Crippen molar-refractivity contribution < 1.29 is 0 Å². The second-order valence-electron chi connectivity index (χ2n) is 4.98. The summed E-state index contributed by atoms with van der Waals surface area (Å²) in [4.78, 5) is 2.36. The monoisotopic (exact) mass is 226 g/mol. The summed E-state index contributed by atoms with van der Waals surface area (Å²) in [7, 11) is 2.16. The molecule has 1 fully saturated rings. The van der Waals surface area contributed by atoms with Crippen molar-refractivity contribution in [3.05, 3.63) is 48.0 Å². The summed E-state index contributed by atoms with van der Waals surface area (Å²) in [6.45, 7) is 1.10. The van der Waals surface area contributed by atoms with E-state index < -0.39 is 0 Å². The molecule has 17 heavy (non-hydrogen) atoms. The lowest BCUT2D eigenvalue weighted by Gasteiger charge is -2.23. The maximum atomic E-state index is 6.20. The highest BCUT2D eigenvalue weighted by molar-refractivity contribution is 5.83. The Hall–Kier alpha value is -1.38. The lowest BCUT2D eigenvalue weighted by atomic mass is 9.98. The third-order valence-corrected chi connectivity index (χ3v) is 3.81. The molecule has 1 aliphatic rings. The number of nitrogens with two attached hydrogens (primary N) is 1. The SMILES string of the molecule is CN1CCC(N)C1c1ccc2ccccc2c1. The van der Waals surface area contributed by atoms with Gasteiger partial charge in [0, 0.05) is 18.6 Å². The number of hydrogen-bond acceptors (Lipinski definition) is 2. The van der Waals surface area contributed by atoms with Crippen molar-refractivity contribution in [1.29, 1.82) is 0 Å². The number of nitrogens with zero attached hydrogens (tertiary/aromatic N) is 1. The number of likely N-dealkylation sites (tertiary alicyclic amines) is 1. The Kier molecular flexibility index (Phi) is 2.61. The molecule has 0 bridgehead atoms. The Labute approximate surface area is 102 Å². The molecule has 2 atom stereocenters. The van der Waals surface area contributed by atoms with Gasteiger partial charge in [-0.3, -0.25) is 4.90 Å². The third kappa shape index (κ3) is 1.84. The van der Waals surface area contributed by atoms with Crippen LogP contribution in [0.25, 0.3) is 10.8 Å². The summed E-state index contributed by atoms with van der Waals surface area (Å²) >= 11 is 0. The van der Waals surface area contributed by atoms with E-state index in [1.165, 1.54) is 16.3 Å². The summed E-state index contributed by atoms with van der Waals surface area (Å²) < 4.78 is 0. The number of rotatable bonds is 1. The summed E-state index contributed by atoms with van der Waals surface area (Å²) in [6, 6.07) is 15.8. The molecule has 2 aromatic rings. The van der Waals surface area contributed by atoms with E-state index in [0.717, 1.165) is 13.0 Å². The van der Waals surface area contributed by atoms with Crippen LogP contribution in [0.3, 0.4) is 0 Å². The van der Waals surface area contributed by atoms with Crippen LogP contribution in [0, 0.1) is 0 Å². The summed E-state index contributed by atoms with van der Waals surface area (Å²) in [5.74, 6) is 0. The molecular formula is C15H18N2. The highest BCUT2D eigenvalue weighted by atomic mass is 15.2. The van der Waals surface area contributed by atoms with E-state index in [1.807, 2.05) is 0 Å². The van der Waals surface area contributed by atoms with Crippen molar-refractivity contribution in [3.8, 4) is 0 Å². The van der Waals surface area contributed by atoms with Gasteiger partial charge >= 0.3 is 0 Å². The second kappa shape index (κ2) is 4.13. The fraction of sp³-hybridized carbons (Fsp3) is 0.333. The van der Waals surface area contributed by atoms with Crippen molar-refractivity contribution >= 4 is 10.8 Å². The van der Waals surface area contributed by atoms with Crippen LogP contribution in [0.15, 0.2) is 42.5 Å². The van der Waals surface area contributed by atoms with Gasteiger partial charge in [-0.2, -0.15) is 0 Å². The van der Waals surface area contributed by atoms with Crippen LogP contribution in [0.5, 0.6) is 0 Å². The molecule has 0 aliphatic carbocycles. The van der Waals surface area contributed by atoms with Crippen molar-refractivity contribution in [2.45, 2.75) is 18.5 Å². The zero-order chi connectivity index (χ0) is 11.8. The number of fused-ring (bicyclic) bond motifs is 1. The summed E-state index contributed by atoms with van der Waals surface area (Å²) in [5, 5.41) is 2.60. The topological polar surface area (TPSA) is 29.3 Å². The van der Waals surface area contributed by atoms with Crippen LogP contribution in [0.1, 0.15) is 18.0 Å². The molecule has 0 amide bonds. The normalized spacial score (nSPS) is 25.5. The Morgan fingerprint density at radius 2 is 1.88 bits per heavy atom. The van der Waals surface area contributed by atoms with Crippen LogP contribution in [0.2, 0.25) is 0 Å². The third-order valence-electron chi connectivity index (χ3n) is 3.81. The van der Waals surface area contributed by atoms with E-state index in [4.69, 9.17) is 5.73 Å². The van der Waals surface area contributed by atoms with Crippen LogP contribution in [0.4, 0.5) is 0 Å². The van der Waals surface area contributed by atoms with Crippen molar-refractivity contribution in [1.82, 2.24) is 4.90 Å². The van der Waals surface area contributed by atoms with Crippen LogP contribution < -0.4 is 5.73 Å². The first-order valence-electron chi connectivity index (χ1n) is 6.20. The molecule has 2 N–H and O–H groups in total. The van der Waals surface area contributed by atoms with E-state index in [-0.39, 0.29) is 6.04 Å². The van der Waals surface area contributed by atoms with Crippen LogP contribution >= 0.6 is 0 Å². The Bertz CT molecular complexity index is 525. The van der Waals surface area contributed by atoms with Crippen molar-refractivity contribution in [3.63, 3.8) is 0 Å². The van der Waals surface area contributed by atoms with E-state index in [2.05, 4.69) is 54.4 Å². The minimum absolute atomic E-state index is 0.265. The fourth-order valence-electron chi connectivity index (χ4n) is 2.87. The number of hydrogen-bond donors (Lipinski definition) is 1. The van der Waals surface area contributed by atoms with Gasteiger partial charge in [0.2, 0.25) is 0 Å². The Morgan fingerprint density at radius 1 is 1.12 bits per heavy atom. The molecule has 2 nitrogen and oxygen atoms in total. The molecule has 0 spiro atoms. The first kappa shape index (κ1) is 10.8. The maximum absolute atomic E-state index is 6.20. The zero-order valence-corrected chi connectivity index (χ0v) is 10.1.